The Balaban J connectivity index is 2.19. The fourth-order valence-electron chi connectivity index (χ4n) is 2.32. The maximum Gasteiger partial charge on any atom is 0.324 e. The summed E-state index contributed by atoms with van der Waals surface area (Å²) in [6.45, 7) is 3.68. The average Bonchev–Trinajstić information content (AvgIpc) is 2.69. The van der Waals surface area contributed by atoms with Gasteiger partial charge in [-0.05, 0) is 25.5 Å². The lowest BCUT2D eigenvalue weighted by Crippen LogP contribution is -2.44. The summed E-state index contributed by atoms with van der Waals surface area (Å²) in [7, 11) is 0. The topological polar surface area (TPSA) is 70.1 Å². The van der Waals surface area contributed by atoms with Crippen molar-refractivity contribution in [2.24, 2.45) is 0 Å². The molecule has 1 aromatic rings. The minimum absolute atomic E-state index is 0.0500. The smallest absolute Gasteiger partial charge is 0.324 e. The fourth-order valence-corrected chi connectivity index (χ4v) is 2.32. The van der Waals surface area contributed by atoms with Gasteiger partial charge in [-0.15, -0.1) is 0 Å². The summed E-state index contributed by atoms with van der Waals surface area (Å²) in [4.78, 5) is 26.6. The summed E-state index contributed by atoms with van der Waals surface area (Å²) in [5.41, 5.74) is 0.744. The molecule has 0 aliphatic carbocycles. The van der Waals surface area contributed by atoms with Crippen molar-refractivity contribution >= 4 is 17.7 Å². The molecule has 1 N–H and O–H groups in total. The molecule has 0 bridgehead atoms. The summed E-state index contributed by atoms with van der Waals surface area (Å²) in [6, 6.07) is 7.26. The number of para-hydroxylation sites is 2. The van der Waals surface area contributed by atoms with E-state index in [4.69, 9.17) is 9.84 Å². The number of carboxylic acids is 1. The van der Waals surface area contributed by atoms with Crippen LogP contribution >= 0.6 is 0 Å². The van der Waals surface area contributed by atoms with E-state index in [1.165, 1.54) is 0 Å². The molecule has 1 aliphatic heterocycles. The molecule has 114 valence electrons. The van der Waals surface area contributed by atoms with Gasteiger partial charge in [0.15, 0.2) is 0 Å². The van der Waals surface area contributed by atoms with Gasteiger partial charge in [0.2, 0.25) is 0 Å². The number of nitrogens with zero attached hydrogens (tertiary/aromatic N) is 2. The number of ether oxygens (including phenoxy) is 1. The molecule has 0 atom stereocenters. The molecule has 0 fully saturated rings. The third-order valence-corrected chi connectivity index (χ3v) is 3.42. The Morgan fingerprint density at radius 2 is 2.14 bits per heavy atom. The van der Waals surface area contributed by atoms with Crippen LogP contribution in [0.5, 0.6) is 5.75 Å². The van der Waals surface area contributed by atoms with Crippen LogP contribution in [0.4, 0.5) is 10.5 Å². The SMILES string of the molecule is CCN(CCC(=O)O)C(=O)N1CCCOc2ccccc21. The highest BCUT2D eigenvalue weighted by atomic mass is 16.5. The van der Waals surface area contributed by atoms with Crippen LogP contribution in [-0.4, -0.2) is 48.2 Å². The number of benzene rings is 1. The molecule has 0 unspecified atom stereocenters. The fraction of sp³-hybridized carbons (Fsp3) is 0.467. The standard InChI is InChI=1S/C15H20N2O4/c1-2-16(10-8-14(18)19)15(20)17-9-5-11-21-13-7-4-3-6-12(13)17/h3-4,6-7H,2,5,8-11H2,1H3,(H,18,19). The first-order chi connectivity index (χ1) is 10.1. The minimum Gasteiger partial charge on any atom is -0.491 e. The molecule has 0 saturated heterocycles. The Bertz CT molecular complexity index is 518. The highest BCUT2D eigenvalue weighted by Gasteiger charge is 2.25. The van der Waals surface area contributed by atoms with Crippen molar-refractivity contribution in [1.29, 1.82) is 0 Å². The number of aliphatic carboxylic acids is 1. The molecular formula is C15H20N2O4. The summed E-state index contributed by atoms with van der Waals surface area (Å²) in [5, 5.41) is 8.78. The van der Waals surface area contributed by atoms with E-state index in [0.29, 0.717) is 25.4 Å². The molecule has 2 rings (SSSR count). The van der Waals surface area contributed by atoms with Gasteiger partial charge in [0.1, 0.15) is 5.75 Å². The third kappa shape index (κ3) is 3.65. The molecule has 1 heterocycles. The number of urea groups is 1. The van der Waals surface area contributed by atoms with Crippen LogP contribution in [0.1, 0.15) is 19.8 Å². The zero-order valence-corrected chi connectivity index (χ0v) is 12.1. The Morgan fingerprint density at radius 3 is 2.86 bits per heavy atom. The Labute approximate surface area is 123 Å². The summed E-state index contributed by atoms with van der Waals surface area (Å²) >= 11 is 0. The Morgan fingerprint density at radius 1 is 1.38 bits per heavy atom. The van der Waals surface area contributed by atoms with Crippen LogP contribution < -0.4 is 9.64 Å². The molecule has 1 aromatic carbocycles. The molecule has 2 amide bonds. The van der Waals surface area contributed by atoms with Gasteiger partial charge in [0.25, 0.3) is 0 Å². The number of amides is 2. The Hall–Kier alpha value is -2.24. The van der Waals surface area contributed by atoms with Crippen LogP contribution in [0.2, 0.25) is 0 Å². The summed E-state index contributed by atoms with van der Waals surface area (Å²) < 4.78 is 5.63. The zero-order chi connectivity index (χ0) is 15.2. The van der Waals surface area contributed by atoms with Crippen LogP contribution in [0.25, 0.3) is 0 Å². The molecular weight excluding hydrogens is 272 g/mol. The molecule has 21 heavy (non-hydrogen) atoms. The largest absolute Gasteiger partial charge is 0.491 e. The number of rotatable bonds is 4. The second-order valence-corrected chi connectivity index (χ2v) is 4.83. The van der Waals surface area contributed by atoms with Crippen LogP contribution in [-0.2, 0) is 4.79 Å². The molecule has 0 aromatic heterocycles. The maximum atomic E-state index is 12.7. The van der Waals surface area contributed by atoms with Crippen molar-refractivity contribution in [3.8, 4) is 5.75 Å². The van der Waals surface area contributed by atoms with Crippen molar-refractivity contribution < 1.29 is 19.4 Å². The van der Waals surface area contributed by atoms with E-state index in [-0.39, 0.29) is 19.0 Å². The van der Waals surface area contributed by atoms with Crippen molar-refractivity contribution in [1.82, 2.24) is 4.90 Å². The number of anilines is 1. The van der Waals surface area contributed by atoms with E-state index in [2.05, 4.69) is 0 Å². The molecule has 0 radical (unpaired) electrons. The molecule has 6 heteroatoms. The van der Waals surface area contributed by atoms with Gasteiger partial charge in [-0.3, -0.25) is 9.69 Å². The summed E-state index contributed by atoms with van der Waals surface area (Å²) in [5.74, 6) is -0.210. The molecule has 0 saturated carbocycles. The van der Waals surface area contributed by atoms with Crippen LogP contribution in [0.3, 0.4) is 0 Å². The van der Waals surface area contributed by atoms with E-state index < -0.39 is 5.97 Å². The highest BCUT2D eigenvalue weighted by molar-refractivity contribution is 5.94. The van der Waals surface area contributed by atoms with Crippen molar-refractivity contribution in [2.75, 3.05) is 31.1 Å². The number of fused-ring (bicyclic) bond motifs is 1. The van der Waals surface area contributed by atoms with E-state index in [1.807, 2.05) is 31.2 Å². The third-order valence-electron chi connectivity index (χ3n) is 3.42. The first-order valence-corrected chi connectivity index (χ1v) is 7.13. The maximum absolute atomic E-state index is 12.7. The monoisotopic (exact) mass is 292 g/mol. The van der Waals surface area contributed by atoms with Gasteiger partial charge in [0, 0.05) is 19.6 Å². The van der Waals surface area contributed by atoms with E-state index in [0.717, 1.165) is 12.1 Å². The normalized spacial score (nSPS) is 13.9. The lowest BCUT2D eigenvalue weighted by Gasteiger charge is -2.29. The molecule has 0 spiro atoms. The van der Waals surface area contributed by atoms with Crippen molar-refractivity contribution in [2.45, 2.75) is 19.8 Å². The number of hydrogen-bond donors (Lipinski definition) is 1. The van der Waals surface area contributed by atoms with Gasteiger partial charge in [-0.25, -0.2) is 4.79 Å². The van der Waals surface area contributed by atoms with Crippen molar-refractivity contribution in [3.63, 3.8) is 0 Å². The number of hydrogen-bond acceptors (Lipinski definition) is 3. The van der Waals surface area contributed by atoms with Gasteiger partial charge in [-0.1, -0.05) is 12.1 Å². The van der Waals surface area contributed by atoms with Gasteiger partial charge in [-0.2, -0.15) is 0 Å². The quantitative estimate of drug-likeness (QED) is 0.923. The van der Waals surface area contributed by atoms with E-state index in [9.17, 15) is 9.59 Å². The predicted octanol–water partition coefficient (Wildman–Crippen LogP) is 2.19. The summed E-state index contributed by atoms with van der Waals surface area (Å²) in [6.07, 6.45) is 0.697. The lowest BCUT2D eigenvalue weighted by atomic mass is 10.2. The minimum atomic E-state index is -0.902. The lowest BCUT2D eigenvalue weighted by molar-refractivity contribution is -0.137. The second kappa shape index (κ2) is 6.97. The van der Waals surface area contributed by atoms with Crippen molar-refractivity contribution in [3.05, 3.63) is 24.3 Å². The predicted molar refractivity (Wildman–Crippen MR) is 78.8 cm³/mol. The molecule has 1 aliphatic rings. The molecule has 6 nitrogen and oxygen atoms in total. The van der Waals surface area contributed by atoms with Crippen LogP contribution in [0.15, 0.2) is 24.3 Å². The number of carbonyl (C=O) groups is 2. The van der Waals surface area contributed by atoms with E-state index in [1.54, 1.807) is 9.80 Å². The number of carbonyl (C=O) groups excluding carboxylic acids is 1. The Kier molecular flexibility index (Phi) is 5.03. The highest BCUT2D eigenvalue weighted by Crippen LogP contribution is 2.31. The van der Waals surface area contributed by atoms with Gasteiger partial charge < -0.3 is 14.7 Å². The van der Waals surface area contributed by atoms with Gasteiger partial charge >= 0.3 is 12.0 Å². The van der Waals surface area contributed by atoms with Gasteiger partial charge in [0.05, 0.1) is 18.7 Å². The van der Waals surface area contributed by atoms with Crippen LogP contribution in [0, 0.1) is 0 Å². The number of carboxylic acid groups (broad SMARTS) is 1. The first-order valence-electron chi connectivity index (χ1n) is 7.13. The average molecular weight is 292 g/mol. The van der Waals surface area contributed by atoms with E-state index >= 15 is 0 Å². The zero-order valence-electron chi connectivity index (χ0n) is 12.1. The first kappa shape index (κ1) is 15.2. The second-order valence-electron chi connectivity index (χ2n) is 4.83.